The SMILES string of the molecule is COc1ccc(CCNC(=O)CN2CCN(C(=O)Cc3ccccc3Cl)CC2)cc1OC. The number of rotatable bonds is 9. The third kappa shape index (κ3) is 6.61. The fraction of sp³-hybridized carbons (Fsp3) is 0.417. The average Bonchev–Trinajstić information content (AvgIpc) is 2.80. The predicted molar refractivity (Wildman–Crippen MR) is 124 cm³/mol. The molecule has 1 fully saturated rings. The molecule has 0 spiro atoms. The summed E-state index contributed by atoms with van der Waals surface area (Å²) < 4.78 is 10.6. The first kappa shape index (κ1) is 23.9. The lowest BCUT2D eigenvalue weighted by Crippen LogP contribution is -2.51. The van der Waals surface area contributed by atoms with Crippen molar-refractivity contribution in [2.45, 2.75) is 12.8 Å². The van der Waals surface area contributed by atoms with Crippen LogP contribution < -0.4 is 14.8 Å². The third-order valence-corrected chi connectivity index (χ3v) is 5.94. The number of carbonyl (C=O) groups is 2. The Labute approximate surface area is 194 Å². The standard InChI is InChI=1S/C24H30ClN3O4/c1-31-21-8-7-18(15-22(21)32-2)9-10-26-23(29)17-27-11-13-28(14-12-27)24(30)16-19-5-3-4-6-20(19)25/h3-8,15H,9-14,16-17H2,1-2H3,(H,26,29). The molecule has 1 aliphatic rings. The van der Waals surface area contributed by atoms with Crippen molar-refractivity contribution in [3.05, 3.63) is 58.6 Å². The maximum Gasteiger partial charge on any atom is 0.234 e. The van der Waals surface area contributed by atoms with E-state index in [4.69, 9.17) is 21.1 Å². The Hall–Kier alpha value is -2.77. The first-order valence-electron chi connectivity index (χ1n) is 10.7. The van der Waals surface area contributed by atoms with Gasteiger partial charge in [-0.05, 0) is 35.7 Å². The van der Waals surface area contributed by atoms with E-state index >= 15 is 0 Å². The van der Waals surface area contributed by atoms with Crippen LogP contribution in [0.25, 0.3) is 0 Å². The molecule has 2 aromatic rings. The van der Waals surface area contributed by atoms with E-state index < -0.39 is 0 Å². The van der Waals surface area contributed by atoms with Crippen LogP contribution in [-0.2, 0) is 22.4 Å². The highest BCUT2D eigenvalue weighted by Crippen LogP contribution is 2.27. The molecule has 8 heteroatoms. The summed E-state index contributed by atoms with van der Waals surface area (Å²) in [4.78, 5) is 28.8. The molecule has 172 valence electrons. The van der Waals surface area contributed by atoms with E-state index in [9.17, 15) is 9.59 Å². The summed E-state index contributed by atoms with van der Waals surface area (Å²) in [6, 6.07) is 13.2. The molecule has 1 N–H and O–H groups in total. The van der Waals surface area contributed by atoms with Gasteiger partial charge >= 0.3 is 0 Å². The number of carbonyl (C=O) groups excluding carboxylic acids is 2. The molecule has 1 heterocycles. The first-order chi connectivity index (χ1) is 15.5. The number of hydrogen-bond acceptors (Lipinski definition) is 5. The van der Waals surface area contributed by atoms with E-state index in [0.29, 0.717) is 68.6 Å². The van der Waals surface area contributed by atoms with Crippen LogP contribution in [0.2, 0.25) is 5.02 Å². The average molecular weight is 460 g/mol. The van der Waals surface area contributed by atoms with Crippen LogP contribution in [0.4, 0.5) is 0 Å². The van der Waals surface area contributed by atoms with Crippen LogP contribution in [0.3, 0.4) is 0 Å². The summed E-state index contributed by atoms with van der Waals surface area (Å²) in [5, 5.41) is 3.58. The maximum atomic E-state index is 12.6. The number of nitrogens with zero attached hydrogens (tertiary/aromatic N) is 2. The predicted octanol–water partition coefficient (Wildman–Crippen LogP) is 2.40. The normalized spacial score (nSPS) is 14.2. The number of ether oxygens (including phenoxy) is 2. The molecule has 0 atom stereocenters. The molecule has 32 heavy (non-hydrogen) atoms. The second kappa shape index (κ2) is 11.7. The van der Waals surface area contributed by atoms with Crippen LogP contribution in [0, 0.1) is 0 Å². The van der Waals surface area contributed by atoms with Gasteiger partial charge in [0.05, 0.1) is 27.2 Å². The molecule has 0 aromatic heterocycles. The van der Waals surface area contributed by atoms with Gasteiger partial charge in [-0.1, -0.05) is 35.9 Å². The van der Waals surface area contributed by atoms with Gasteiger partial charge in [0.15, 0.2) is 11.5 Å². The Morgan fingerprint density at radius 3 is 2.41 bits per heavy atom. The highest BCUT2D eigenvalue weighted by atomic mass is 35.5. The molecular weight excluding hydrogens is 430 g/mol. The van der Waals surface area contributed by atoms with Crippen molar-refractivity contribution in [3.63, 3.8) is 0 Å². The fourth-order valence-corrected chi connectivity index (χ4v) is 3.92. The van der Waals surface area contributed by atoms with Crippen molar-refractivity contribution in [2.24, 2.45) is 0 Å². The molecule has 2 amide bonds. The van der Waals surface area contributed by atoms with Gasteiger partial charge < -0.3 is 19.7 Å². The van der Waals surface area contributed by atoms with Gasteiger partial charge in [0, 0.05) is 37.7 Å². The second-order valence-corrected chi connectivity index (χ2v) is 8.12. The minimum absolute atomic E-state index is 0.0127. The zero-order chi connectivity index (χ0) is 22.9. The topological polar surface area (TPSA) is 71.1 Å². The van der Waals surface area contributed by atoms with Crippen LogP contribution in [0.15, 0.2) is 42.5 Å². The summed E-state index contributed by atoms with van der Waals surface area (Å²) in [6.07, 6.45) is 1.01. The van der Waals surface area contributed by atoms with Crippen molar-refractivity contribution < 1.29 is 19.1 Å². The lowest BCUT2D eigenvalue weighted by atomic mass is 10.1. The molecule has 2 aromatic carbocycles. The van der Waals surface area contributed by atoms with Gasteiger partial charge in [-0.25, -0.2) is 0 Å². The Balaban J connectivity index is 1.37. The summed E-state index contributed by atoms with van der Waals surface area (Å²) in [5.74, 6) is 1.42. The summed E-state index contributed by atoms with van der Waals surface area (Å²) in [6.45, 7) is 3.46. The molecule has 0 bridgehead atoms. The van der Waals surface area contributed by atoms with Gasteiger partial charge in [0.2, 0.25) is 11.8 Å². The van der Waals surface area contributed by atoms with Crippen molar-refractivity contribution >= 4 is 23.4 Å². The van der Waals surface area contributed by atoms with Crippen LogP contribution in [-0.4, -0.2) is 75.1 Å². The van der Waals surface area contributed by atoms with E-state index in [1.54, 1.807) is 20.3 Å². The molecule has 1 aliphatic heterocycles. The number of piperazine rings is 1. The fourth-order valence-electron chi connectivity index (χ4n) is 3.71. The van der Waals surface area contributed by atoms with Crippen molar-refractivity contribution in [1.29, 1.82) is 0 Å². The van der Waals surface area contributed by atoms with Crippen molar-refractivity contribution in [1.82, 2.24) is 15.1 Å². The minimum atomic E-state index is -0.0127. The molecule has 0 aliphatic carbocycles. The van der Waals surface area contributed by atoms with Crippen molar-refractivity contribution in [2.75, 3.05) is 53.5 Å². The highest BCUT2D eigenvalue weighted by molar-refractivity contribution is 6.31. The van der Waals surface area contributed by atoms with E-state index in [2.05, 4.69) is 10.2 Å². The van der Waals surface area contributed by atoms with Crippen LogP contribution in [0.1, 0.15) is 11.1 Å². The Kier molecular flexibility index (Phi) is 8.76. The monoisotopic (exact) mass is 459 g/mol. The number of nitrogens with one attached hydrogen (secondary N) is 1. The second-order valence-electron chi connectivity index (χ2n) is 7.71. The molecule has 0 radical (unpaired) electrons. The van der Waals surface area contributed by atoms with Crippen LogP contribution in [0.5, 0.6) is 11.5 Å². The summed E-state index contributed by atoms with van der Waals surface area (Å²) in [7, 11) is 3.21. The lowest BCUT2D eigenvalue weighted by molar-refractivity contribution is -0.132. The quantitative estimate of drug-likeness (QED) is 0.623. The van der Waals surface area contributed by atoms with E-state index in [-0.39, 0.29) is 11.8 Å². The summed E-state index contributed by atoms with van der Waals surface area (Å²) in [5.41, 5.74) is 1.91. The number of amides is 2. The third-order valence-electron chi connectivity index (χ3n) is 5.58. The number of benzene rings is 2. The zero-order valence-corrected chi connectivity index (χ0v) is 19.4. The van der Waals surface area contributed by atoms with Gasteiger partial charge in [-0.3, -0.25) is 14.5 Å². The van der Waals surface area contributed by atoms with E-state index in [1.807, 2.05) is 41.3 Å². The van der Waals surface area contributed by atoms with Gasteiger partial charge in [-0.15, -0.1) is 0 Å². The molecule has 0 unspecified atom stereocenters. The Morgan fingerprint density at radius 1 is 1.00 bits per heavy atom. The molecule has 7 nitrogen and oxygen atoms in total. The number of methoxy groups -OCH3 is 2. The number of halogens is 1. The summed E-state index contributed by atoms with van der Waals surface area (Å²) >= 11 is 6.16. The molecular formula is C24H30ClN3O4. The minimum Gasteiger partial charge on any atom is -0.493 e. The highest BCUT2D eigenvalue weighted by Gasteiger charge is 2.22. The molecule has 3 rings (SSSR count). The van der Waals surface area contributed by atoms with E-state index in [0.717, 1.165) is 11.1 Å². The lowest BCUT2D eigenvalue weighted by Gasteiger charge is -2.34. The smallest absolute Gasteiger partial charge is 0.234 e. The Morgan fingerprint density at radius 2 is 1.72 bits per heavy atom. The first-order valence-corrected chi connectivity index (χ1v) is 11.1. The van der Waals surface area contributed by atoms with Gasteiger partial charge in [0.1, 0.15) is 0 Å². The van der Waals surface area contributed by atoms with Crippen LogP contribution >= 0.6 is 11.6 Å². The number of hydrogen-bond donors (Lipinski definition) is 1. The van der Waals surface area contributed by atoms with Gasteiger partial charge in [0.25, 0.3) is 0 Å². The zero-order valence-electron chi connectivity index (χ0n) is 18.6. The largest absolute Gasteiger partial charge is 0.493 e. The molecule has 1 saturated heterocycles. The van der Waals surface area contributed by atoms with Crippen molar-refractivity contribution in [3.8, 4) is 11.5 Å². The molecule has 0 saturated carbocycles. The van der Waals surface area contributed by atoms with E-state index in [1.165, 1.54) is 0 Å². The Bertz CT molecular complexity index is 929. The maximum absolute atomic E-state index is 12.6. The van der Waals surface area contributed by atoms with Gasteiger partial charge in [-0.2, -0.15) is 0 Å².